The van der Waals surface area contributed by atoms with Crippen LogP contribution in [0.4, 0.5) is 0 Å². The molecule has 1 unspecified atom stereocenters. The Balaban J connectivity index is 3.31. The van der Waals surface area contributed by atoms with Gasteiger partial charge in [0, 0.05) is 6.04 Å². The van der Waals surface area contributed by atoms with Gasteiger partial charge in [0.25, 0.3) is 0 Å². The van der Waals surface area contributed by atoms with Crippen LogP contribution in [0.2, 0.25) is 0 Å². The molecule has 0 rings (SSSR count). The third-order valence-electron chi connectivity index (χ3n) is 2.31. The fraction of sp³-hybridized carbons (Fsp3) is 1.00. The Morgan fingerprint density at radius 2 is 1.85 bits per heavy atom. The maximum Gasteiger partial charge on any atom is 0.00387 e. The Morgan fingerprint density at radius 3 is 2.31 bits per heavy atom. The molecule has 1 heteroatoms. The first-order valence-electron chi connectivity index (χ1n) is 5.69. The lowest BCUT2D eigenvalue weighted by molar-refractivity contribution is 0.346. The quantitative estimate of drug-likeness (QED) is 0.667. The second-order valence-electron chi connectivity index (χ2n) is 5.31. The van der Waals surface area contributed by atoms with Crippen molar-refractivity contribution in [1.82, 2.24) is 5.32 Å². The summed E-state index contributed by atoms with van der Waals surface area (Å²) < 4.78 is 0. The number of hydrogen-bond acceptors (Lipinski definition) is 1. The first kappa shape index (κ1) is 13.0. The van der Waals surface area contributed by atoms with Gasteiger partial charge in [-0.15, -0.1) is 0 Å². The van der Waals surface area contributed by atoms with Gasteiger partial charge < -0.3 is 5.32 Å². The monoisotopic (exact) mass is 185 g/mol. The fourth-order valence-corrected chi connectivity index (χ4v) is 1.43. The Morgan fingerprint density at radius 1 is 1.23 bits per heavy atom. The first-order valence-corrected chi connectivity index (χ1v) is 5.69. The summed E-state index contributed by atoms with van der Waals surface area (Å²) in [4.78, 5) is 0. The van der Waals surface area contributed by atoms with Gasteiger partial charge in [-0.3, -0.25) is 0 Å². The van der Waals surface area contributed by atoms with Crippen LogP contribution in [-0.2, 0) is 0 Å². The molecule has 0 radical (unpaired) electrons. The normalized spacial score (nSPS) is 14.5. The molecule has 0 fully saturated rings. The second kappa shape index (κ2) is 6.42. The van der Waals surface area contributed by atoms with Crippen molar-refractivity contribution in [1.29, 1.82) is 0 Å². The Hall–Kier alpha value is -0.0400. The van der Waals surface area contributed by atoms with Crippen LogP contribution in [0.5, 0.6) is 0 Å². The van der Waals surface area contributed by atoms with Gasteiger partial charge in [0.05, 0.1) is 0 Å². The molecule has 0 aliphatic rings. The standard InChI is InChI=1S/C12H27N/c1-6-10-13-11(2)8-7-9-12(3,4)5/h11,13H,6-10H2,1-5H3. The van der Waals surface area contributed by atoms with Crippen LogP contribution in [0.25, 0.3) is 0 Å². The Bertz CT molecular complexity index is 113. The third kappa shape index (κ3) is 9.88. The van der Waals surface area contributed by atoms with Gasteiger partial charge in [0.15, 0.2) is 0 Å². The molecule has 13 heavy (non-hydrogen) atoms. The van der Waals surface area contributed by atoms with Gasteiger partial charge in [-0.25, -0.2) is 0 Å². The molecular weight excluding hydrogens is 158 g/mol. The minimum Gasteiger partial charge on any atom is -0.314 e. The van der Waals surface area contributed by atoms with Crippen LogP contribution in [-0.4, -0.2) is 12.6 Å². The molecule has 80 valence electrons. The van der Waals surface area contributed by atoms with Crippen LogP contribution < -0.4 is 5.32 Å². The van der Waals surface area contributed by atoms with Crippen molar-refractivity contribution in [2.45, 2.75) is 66.3 Å². The molecule has 0 aromatic rings. The molecule has 1 N–H and O–H groups in total. The summed E-state index contributed by atoms with van der Waals surface area (Å²) in [5.74, 6) is 0. The van der Waals surface area contributed by atoms with E-state index >= 15 is 0 Å². The van der Waals surface area contributed by atoms with Gasteiger partial charge in [-0.2, -0.15) is 0 Å². The highest BCUT2D eigenvalue weighted by Gasteiger charge is 2.10. The smallest absolute Gasteiger partial charge is 0.00387 e. The molecule has 0 heterocycles. The Labute approximate surface area is 84.3 Å². The van der Waals surface area contributed by atoms with E-state index in [0.29, 0.717) is 11.5 Å². The molecule has 0 aromatic heterocycles. The van der Waals surface area contributed by atoms with E-state index in [1.54, 1.807) is 0 Å². The number of hydrogen-bond donors (Lipinski definition) is 1. The van der Waals surface area contributed by atoms with E-state index in [0.717, 1.165) is 6.54 Å². The minimum atomic E-state index is 0.504. The van der Waals surface area contributed by atoms with E-state index in [9.17, 15) is 0 Å². The van der Waals surface area contributed by atoms with Crippen molar-refractivity contribution >= 4 is 0 Å². The van der Waals surface area contributed by atoms with E-state index < -0.39 is 0 Å². The van der Waals surface area contributed by atoms with Gasteiger partial charge in [-0.1, -0.05) is 34.1 Å². The van der Waals surface area contributed by atoms with Crippen molar-refractivity contribution in [3.8, 4) is 0 Å². The van der Waals surface area contributed by atoms with E-state index in [4.69, 9.17) is 0 Å². The minimum absolute atomic E-state index is 0.504. The zero-order valence-electron chi connectivity index (χ0n) is 10.1. The van der Waals surface area contributed by atoms with Gasteiger partial charge in [0.1, 0.15) is 0 Å². The van der Waals surface area contributed by atoms with E-state index in [-0.39, 0.29) is 0 Å². The van der Waals surface area contributed by atoms with Crippen LogP contribution in [0.3, 0.4) is 0 Å². The summed E-state index contributed by atoms with van der Waals surface area (Å²) in [6.45, 7) is 12.6. The summed E-state index contributed by atoms with van der Waals surface area (Å²) in [5.41, 5.74) is 0.504. The van der Waals surface area contributed by atoms with Gasteiger partial charge in [0.2, 0.25) is 0 Å². The summed E-state index contributed by atoms with van der Waals surface area (Å²) >= 11 is 0. The summed E-state index contributed by atoms with van der Waals surface area (Å²) in [7, 11) is 0. The lowest BCUT2D eigenvalue weighted by Crippen LogP contribution is -2.26. The highest BCUT2D eigenvalue weighted by Crippen LogP contribution is 2.21. The maximum atomic E-state index is 3.52. The average molecular weight is 185 g/mol. The van der Waals surface area contributed by atoms with Crippen molar-refractivity contribution < 1.29 is 0 Å². The fourth-order valence-electron chi connectivity index (χ4n) is 1.43. The van der Waals surface area contributed by atoms with Gasteiger partial charge in [-0.05, 0) is 38.1 Å². The molecule has 0 aliphatic carbocycles. The van der Waals surface area contributed by atoms with Crippen LogP contribution in [0.15, 0.2) is 0 Å². The SMILES string of the molecule is CCCNC(C)CCCC(C)(C)C. The Kier molecular flexibility index (Phi) is 6.40. The molecule has 1 nitrogen and oxygen atoms in total. The molecule has 0 bridgehead atoms. The van der Waals surface area contributed by atoms with Gasteiger partial charge >= 0.3 is 0 Å². The third-order valence-corrected chi connectivity index (χ3v) is 2.31. The largest absolute Gasteiger partial charge is 0.314 e. The molecule has 0 aliphatic heterocycles. The highest BCUT2D eigenvalue weighted by molar-refractivity contribution is 4.65. The van der Waals surface area contributed by atoms with Crippen molar-refractivity contribution in [3.05, 3.63) is 0 Å². The molecule has 1 atom stereocenters. The van der Waals surface area contributed by atoms with Crippen molar-refractivity contribution in [2.75, 3.05) is 6.54 Å². The van der Waals surface area contributed by atoms with Crippen LogP contribution in [0, 0.1) is 5.41 Å². The molecule has 0 amide bonds. The first-order chi connectivity index (χ1) is 5.95. The maximum absolute atomic E-state index is 3.52. The average Bonchev–Trinajstić information content (AvgIpc) is 1.98. The van der Waals surface area contributed by atoms with Crippen molar-refractivity contribution in [2.24, 2.45) is 5.41 Å². The summed E-state index contributed by atoms with van der Waals surface area (Å²) in [6.07, 6.45) is 5.24. The predicted octanol–water partition coefficient (Wildman–Crippen LogP) is 3.59. The zero-order chi connectivity index (χ0) is 10.3. The lowest BCUT2D eigenvalue weighted by atomic mass is 9.89. The summed E-state index contributed by atoms with van der Waals surface area (Å²) in [6, 6.07) is 0.697. The topological polar surface area (TPSA) is 12.0 Å². The lowest BCUT2D eigenvalue weighted by Gasteiger charge is -2.19. The summed E-state index contributed by atoms with van der Waals surface area (Å²) in [5, 5.41) is 3.52. The molecule has 0 aromatic carbocycles. The predicted molar refractivity (Wildman–Crippen MR) is 61.1 cm³/mol. The van der Waals surface area contributed by atoms with Crippen LogP contribution >= 0.6 is 0 Å². The number of rotatable bonds is 6. The van der Waals surface area contributed by atoms with E-state index in [1.807, 2.05) is 0 Å². The molecule has 0 saturated heterocycles. The zero-order valence-corrected chi connectivity index (χ0v) is 10.1. The second-order valence-corrected chi connectivity index (χ2v) is 5.31. The number of nitrogens with one attached hydrogen (secondary N) is 1. The van der Waals surface area contributed by atoms with Crippen molar-refractivity contribution in [3.63, 3.8) is 0 Å². The van der Waals surface area contributed by atoms with E-state index in [2.05, 4.69) is 39.9 Å². The highest BCUT2D eigenvalue weighted by atomic mass is 14.9. The molecule has 0 saturated carbocycles. The molecular formula is C12H27N. The van der Waals surface area contributed by atoms with Crippen LogP contribution in [0.1, 0.15) is 60.3 Å². The molecule has 0 spiro atoms. The van der Waals surface area contributed by atoms with E-state index in [1.165, 1.54) is 25.7 Å².